The molecule has 1 unspecified atom stereocenters. The number of benzene rings is 1. The van der Waals surface area contributed by atoms with Gasteiger partial charge in [-0.1, -0.05) is 0 Å². The number of nitro benzene ring substituents is 1. The lowest BCUT2D eigenvalue weighted by atomic mass is 10.1. The van der Waals surface area contributed by atoms with Gasteiger partial charge in [-0.25, -0.2) is 0 Å². The van der Waals surface area contributed by atoms with E-state index in [0.29, 0.717) is 0 Å². The minimum Gasteiger partial charge on any atom is -0.373 e. The third kappa shape index (κ3) is 3.95. The van der Waals surface area contributed by atoms with E-state index in [4.69, 9.17) is 0 Å². The van der Waals surface area contributed by atoms with Crippen LogP contribution in [0.1, 0.15) is 23.7 Å². The third-order valence-electron chi connectivity index (χ3n) is 2.15. The first-order valence-electron chi connectivity index (χ1n) is 5.13. The van der Waals surface area contributed by atoms with Crippen molar-refractivity contribution in [2.24, 2.45) is 0 Å². The van der Waals surface area contributed by atoms with Crippen molar-refractivity contribution in [2.75, 3.05) is 0 Å². The van der Waals surface area contributed by atoms with Gasteiger partial charge >= 0.3 is 0 Å². The van der Waals surface area contributed by atoms with Crippen LogP contribution in [0.25, 0.3) is 0 Å². The molecule has 0 aromatic heterocycles. The molecular weight excluding hydrogens is 240 g/mol. The number of nitro groups is 1. The number of amides is 1. The Morgan fingerprint density at radius 3 is 2.39 bits per heavy atom. The van der Waals surface area contributed by atoms with Crippen molar-refractivity contribution in [3.05, 3.63) is 39.9 Å². The first-order chi connectivity index (χ1) is 8.40. The zero-order chi connectivity index (χ0) is 13.7. The first kappa shape index (κ1) is 13.8. The van der Waals surface area contributed by atoms with E-state index in [2.05, 4.69) is 5.32 Å². The zero-order valence-electron chi connectivity index (χ0n) is 9.62. The van der Waals surface area contributed by atoms with Gasteiger partial charge in [0.05, 0.1) is 11.3 Å². The Hall–Kier alpha value is -2.28. The Morgan fingerprint density at radius 1 is 1.39 bits per heavy atom. The molecule has 1 atom stereocenters. The van der Waals surface area contributed by atoms with Crippen molar-refractivity contribution in [2.45, 2.75) is 19.6 Å². The predicted molar refractivity (Wildman–Crippen MR) is 61.9 cm³/mol. The SMILES string of the molecule is CC(=O)NC(O)CC(=O)c1ccc([N+](=O)[O-])cc1. The van der Waals surface area contributed by atoms with Crippen LogP contribution in [0.5, 0.6) is 0 Å². The highest BCUT2D eigenvalue weighted by Gasteiger charge is 2.14. The standard InChI is InChI=1S/C11H12N2O5/c1-7(14)12-11(16)6-10(15)8-2-4-9(5-3-8)13(17)18/h2-5,11,16H,6H2,1H3,(H,12,14). The number of nitrogens with one attached hydrogen (secondary N) is 1. The zero-order valence-corrected chi connectivity index (χ0v) is 9.62. The molecule has 7 heteroatoms. The molecule has 7 nitrogen and oxygen atoms in total. The molecule has 0 spiro atoms. The molecule has 0 saturated heterocycles. The molecule has 0 aliphatic carbocycles. The van der Waals surface area contributed by atoms with Crippen molar-refractivity contribution < 1.29 is 19.6 Å². The van der Waals surface area contributed by atoms with Crippen molar-refractivity contribution in [1.29, 1.82) is 0 Å². The Balaban J connectivity index is 2.67. The number of hydrogen-bond acceptors (Lipinski definition) is 5. The molecule has 1 aromatic carbocycles. The number of non-ortho nitro benzene ring substituents is 1. The number of carbonyl (C=O) groups excluding carboxylic acids is 2. The van der Waals surface area contributed by atoms with Gasteiger partial charge in [0.1, 0.15) is 6.23 Å². The van der Waals surface area contributed by atoms with E-state index in [0.717, 1.165) is 0 Å². The molecule has 0 bridgehead atoms. The van der Waals surface area contributed by atoms with E-state index in [1.165, 1.54) is 31.2 Å². The van der Waals surface area contributed by atoms with E-state index in [9.17, 15) is 24.8 Å². The summed E-state index contributed by atoms with van der Waals surface area (Å²) in [7, 11) is 0. The minimum absolute atomic E-state index is 0.117. The highest BCUT2D eigenvalue weighted by Crippen LogP contribution is 2.13. The number of hydrogen-bond donors (Lipinski definition) is 2. The largest absolute Gasteiger partial charge is 0.373 e. The summed E-state index contributed by atoms with van der Waals surface area (Å²) in [6.45, 7) is 1.22. The second kappa shape index (κ2) is 5.87. The molecule has 0 saturated carbocycles. The quantitative estimate of drug-likeness (QED) is 0.345. The Bertz CT molecular complexity index is 469. The van der Waals surface area contributed by atoms with Gasteiger partial charge in [-0.2, -0.15) is 0 Å². The summed E-state index contributed by atoms with van der Waals surface area (Å²) in [6, 6.07) is 5.03. The molecule has 0 aliphatic heterocycles. The van der Waals surface area contributed by atoms with E-state index in [1.54, 1.807) is 0 Å². The molecule has 96 valence electrons. The average molecular weight is 252 g/mol. The number of ketones is 1. The summed E-state index contributed by atoms with van der Waals surface area (Å²) in [6.07, 6.45) is -1.54. The van der Waals surface area contributed by atoms with E-state index < -0.39 is 22.8 Å². The van der Waals surface area contributed by atoms with Crippen molar-refractivity contribution >= 4 is 17.4 Å². The van der Waals surface area contributed by atoms with Gasteiger partial charge in [-0.3, -0.25) is 19.7 Å². The first-order valence-corrected chi connectivity index (χ1v) is 5.13. The van der Waals surface area contributed by atoms with Crippen LogP contribution in [-0.4, -0.2) is 27.9 Å². The van der Waals surface area contributed by atoms with Crippen molar-refractivity contribution in [1.82, 2.24) is 5.32 Å². The maximum Gasteiger partial charge on any atom is 0.269 e. The van der Waals surface area contributed by atoms with Gasteiger partial charge in [0, 0.05) is 24.6 Å². The predicted octanol–water partition coefficient (Wildman–Crippen LogP) is 0.622. The third-order valence-corrected chi connectivity index (χ3v) is 2.15. The van der Waals surface area contributed by atoms with Gasteiger partial charge in [0.2, 0.25) is 5.91 Å². The lowest BCUT2D eigenvalue weighted by molar-refractivity contribution is -0.384. The number of aliphatic hydroxyl groups excluding tert-OH is 1. The van der Waals surface area contributed by atoms with Crippen molar-refractivity contribution in [3.8, 4) is 0 Å². The second-order valence-corrected chi connectivity index (χ2v) is 3.65. The monoisotopic (exact) mass is 252 g/mol. The Kier molecular flexibility index (Phi) is 4.50. The van der Waals surface area contributed by atoms with Crippen molar-refractivity contribution in [3.63, 3.8) is 0 Å². The van der Waals surface area contributed by atoms with Crippen LogP contribution in [0.2, 0.25) is 0 Å². The fourth-order valence-electron chi connectivity index (χ4n) is 1.35. The maximum atomic E-state index is 11.6. The van der Waals surface area contributed by atoms with E-state index in [1.807, 2.05) is 0 Å². The highest BCUT2D eigenvalue weighted by atomic mass is 16.6. The minimum atomic E-state index is -1.26. The average Bonchev–Trinajstić information content (AvgIpc) is 2.27. The van der Waals surface area contributed by atoms with Gasteiger partial charge < -0.3 is 10.4 Å². The number of carbonyl (C=O) groups is 2. The lowest BCUT2D eigenvalue weighted by Gasteiger charge is -2.10. The van der Waals surface area contributed by atoms with Crippen LogP contribution in [0.15, 0.2) is 24.3 Å². The fraction of sp³-hybridized carbons (Fsp3) is 0.273. The fourth-order valence-corrected chi connectivity index (χ4v) is 1.35. The summed E-state index contributed by atoms with van der Waals surface area (Å²) in [5.74, 6) is -0.856. The lowest BCUT2D eigenvalue weighted by Crippen LogP contribution is -2.34. The Morgan fingerprint density at radius 2 is 1.94 bits per heavy atom. The van der Waals surface area contributed by atoms with Crippen LogP contribution in [0, 0.1) is 10.1 Å². The van der Waals surface area contributed by atoms with Crippen LogP contribution in [-0.2, 0) is 4.79 Å². The number of Topliss-reactive ketones (excluding diaryl/α,β-unsaturated/α-hetero) is 1. The summed E-state index contributed by atoms with van der Waals surface area (Å²) in [5.41, 5.74) is 0.124. The van der Waals surface area contributed by atoms with E-state index >= 15 is 0 Å². The van der Waals surface area contributed by atoms with Gasteiger partial charge in [0.25, 0.3) is 5.69 Å². The molecule has 0 fully saturated rings. The van der Waals surface area contributed by atoms with Crippen LogP contribution < -0.4 is 5.32 Å². The normalized spacial score (nSPS) is 11.7. The summed E-state index contributed by atoms with van der Waals surface area (Å²) >= 11 is 0. The molecule has 0 radical (unpaired) electrons. The van der Waals surface area contributed by atoms with Crippen LogP contribution in [0.3, 0.4) is 0 Å². The molecule has 1 rings (SSSR count). The smallest absolute Gasteiger partial charge is 0.269 e. The van der Waals surface area contributed by atoms with Gasteiger partial charge in [-0.15, -0.1) is 0 Å². The number of nitrogens with zero attached hydrogens (tertiary/aromatic N) is 1. The second-order valence-electron chi connectivity index (χ2n) is 3.65. The molecular formula is C11H12N2O5. The van der Waals surface area contributed by atoms with Gasteiger partial charge in [0.15, 0.2) is 5.78 Å². The Labute approximate surface area is 103 Å². The van der Waals surface area contributed by atoms with Gasteiger partial charge in [-0.05, 0) is 12.1 Å². The summed E-state index contributed by atoms with van der Waals surface area (Å²) in [5, 5.41) is 21.9. The molecule has 0 heterocycles. The maximum absolute atomic E-state index is 11.6. The highest BCUT2D eigenvalue weighted by molar-refractivity contribution is 5.96. The van der Waals surface area contributed by atoms with E-state index in [-0.39, 0.29) is 17.7 Å². The van der Waals surface area contributed by atoms with Crippen LogP contribution >= 0.6 is 0 Å². The molecule has 1 amide bonds. The molecule has 18 heavy (non-hydrogen) atoms. The van der Waals surface area contributed by atoms with Crippen LogP contribution in [0.4, 0.5) is 5.69 Å². The summed E-state index contributed by atoms with van der Waals surface area (Å²) < 4.78 is 0. The number of aliphatic hydroxyl groups is 1. The molecule has 0 aliphatic rings. The topological polar surface area (TPSA) is 110 Å². The molecule has 2 N–H and O–H groups in total. The molecule has 1 aromatic rings. The summed E-state index contributed by atoms with van der Waals surface area (Å²) in [4.78, 5) is 32.1. The number of rotatable bonds is 5.